The van der Waals surface area contributed by atoms with Crippen molar-refractivity contribution in [1.29, 1.82) is 0 Å². The molecule has 1 aliphatic rings. The van der Waals surface area contributed by atoms with E-state index in [1.807, 2.05) is 6.92 Å². The van der Waals surface area contributed by atoms with Gasteiger partial charge >= 0.3 is 0 Å². The highest BCUT2D eigenvalue weighted by Crippen LogP contribution is 2.08. The third kappa shape index (κ3) is 8.20. The summed E-state index contributed by atoms with van der Waals surface area (Å²) in [5.41, 5.74) is 2.68. The van der Waals surface area contributed by atoms with E-state index in [0.717, 1.165) is 12.2 Å². The molecule has 1 rings (SSSR count). The molecule has 0 aromatic rings. The van der Waals surface area contributed by atoms with Crippen molar-refractivity contribution < 1.29 is 38.5 Å². The summed E-state index contributed by atoms with van der Waals surface area (Å²) in [5.74, 6) is -1.85. The highest BCUT2D eigenvalue weighted by atomic mass is 16.7. The quantitative estimate of drug-likeness (QED) is 0.0875. The molecule has 0 aliphatic carbocycles. The van der Waals surface area contributed by atoms with Crippen LogP contribution < -0.4 is 5.43 Å². The van der Waals surface area contributed by atoms with Crippen molar-refractivity contribution in [3.8, 4) is 0 Å². The SMILES string of the molecule is CCCOC(C=O)[C@@H](CO)O[C@H](/C=N\NCCCC(=O)N1C(=O)C=CC1=O)OC. The standard InChI is InChI=1S/C18H27N3O8/c1-3-9-28-13(11-22)14(12-23)29-18(27-2)10-20-19-8-4-5-15(24)21-16(25)6-7-17(21)26/h6-7,10-11,13-14,18-19,23H,3-5,8-9,12H2,1-2H3/b20-10-/t13?,14-,18-/m1/s1. The topological polar surface area (TPSA) is 144 Å². The van der Waals surface area contributed by atoms with Crippen molar-refractivity contribution in [3.63, 3.8) is 0 Å². The van der Waals surface area contributed by atoms with E-state index in [1.165, 1.54) is 13.3 Å². The lowest BCUT2D eigenvalue weighted by Gasteiger charge is -2.24. The Morgan fingerprint density at radius 1 is 1.34 bits per heavy atom. The number of aliphatic hydroxyl groups is 1. The molecule has 3 atom stereocenters. The van der Waals surface area contributed by atoms with Gasteiger partial charge < -0.3 is 29.5 Å². The molecule has 29 heavy (non-hydrogen) atoms. The molecule has 1 unspecified atom stereocenters. The Labute approximate surface area is 168 Å². The number of aldehydes is 1. The molecule has 11 heteroatoms. The average Bonchev–Trinajstić information content (AvgIpc) is 3.06. The largest absolute Gasteiger partial charge is 0.394 e. The molecule has 0 saturated carbocycles. The summed E-state index contributed by atoms with van der Waals surface area (Å²) in [4.78, 5) is 46.4. The van der Waals surface area contributed by atoms with Gasteiger partial charge in [-0.15, -0.1) is 0 Å². The van der Waals surface area contributed by atoms with Gasteiger partial charge in [0, 0.05) is 38.8 Å². The van der Waals surface area contributed by atoms with Crippen molar-refractivity contribution in [3.05, 3.63) is 12.2 Å². The van der Waals surface area contributed by atoms with E-state index in [4.69, 9.17) is 14.2 Å². The Bertz CT molecular complexity index is 604. The third-order valence-corrected chi connectivity index (χ3v) is 3.76. The molecular weight excluding hydrogens is 386 g/mol. The van der Waals surface area contributed by atoms with Gasteiger partial charge in [-0.2, -0.15) is 5.10 Å². The lowest BCUT2D eigenvalue weighted by Crippen LogP contribution is -2.40. The Balaban J connectivity index is 2.36. The minimum absolute atomic E-state index is 0.00570. The predicted molar refractivity (Wildman–Crippen MR) is 101 cm³/mol. The van der Waals surface area contributed by atoms with Gasteiger partial charge in [0.1, 0.15) is 12.2 Å². The summed E-state index contributed by atoms with van der Waals surface area (Å²) in [7, 11) is 1.37. The zero-order valence-electron chi connectivity index (χ0n) is 16.5. The molecule has 3 amide bonds. The van der Waals surface area contributed by atoms with Crippen LogP contribution in [0.5, 0.6) is 0 Å². The maximum atomic E-state index is 11.8. The molecule has 0 radical (unpaired) electrons. The fourth-order valence-electron chi connectivity index (χ4n) is 2.29. The molecule has 1 aliphatic heterocycles. The van der Waals surface area contributed by atoms with Crippen molar-refractivity contribution in [2.45, 2.75) is 44.7 Å². The molecule has 0 saturated heterocycles. The molecule has 1 heterocycles. The molecule has 0 spiro atoms. The molecule has 2 N–H and O–H groups in total. The van der Waals surface area contributed by atoms with Crippen LogP contribution in [0.25, 0.3) is 0 Å². The highest BCUT2D eigenvalue weighted by molar-refractivity contribution is 6.22. The first-order chi connectivity index (χ1) is 14.0. The first kappa shape index (κ1) is 24.6. The number of hydrogen-bond donors (Lipinski definition) is 2. The smallest absolute Gasteiger partial charge is 0.260 e. The van der Waals surface area contributed by atoms with Crippen LogP contribution >= 0.6 is 0 Å². The number of carbonyl (C=O) groups is 4. The van der Waals surface area contributed by atoms with E-state index in [9.17, 15) is 24.3 Å². The molecule has 0 aromatic heterocycles. The normalized spacial score (nSPS) is 17.0. The number of hydrazone groups is 1. The fourth-order valence-corrected chi connectivity index (χ4v) is 2.29. The van der Waals surface area contributed by atoms with Crippen LogP contribution in [0.4, 0.5) is 0 Å². The third-order valence-electron chi connectivity index (χ3n) is 3.76. The number of methoxy groups -OCH3 is 1. The van der Waals surface area contributed by atoms with Crippen LogP contribution in [0, 0.1) is 0 Å². The van der Waals surface area contributed by atoms with E-state index >= 15 is 0 Å². The molecule has 0 aromatic carbocycles. The average molecular weight is 413 g/mol. The Kier molecular flexibility index (Phi) is 11.6. The second-order valence-corrected chi connectivity index (χ2v) is 5.96. The summed E-state index contributed by atoms with van der Waals surface area (Å²) in [6.07, 6.45) is 2.18. The molecular formula is C18H27N3O8. The summed E-state index contributed by atoms with van der Waals surface area (Å²) < 4.78 is 15.9. The van der Waals surface area contributed by atoms with Gasteiger partial charge in [0.15, 0.2) is 12.6 Å². The molecule has 11 nitrogen and oxygen atoms in total. The maximum absolute atomic E-state index is 11.8. The number of hydrogen-bond acceptors (Lipinski definition) is 10. The van der Waals surface area contributed by atoms with E-state index < -0.39 is 42.8 Å². The van der Waals surface area contributed by atoms with Crippen molar-refractivity contribution in [1.82, 2.24) is 10.3 Å². The monoisotopic (exact) mass is 413 g/mol. The lowest BCUT2D eigenvalue weighted by molar-refractivity contribution is -0.168. The van der Waals surface area contributed by atoms with E-state index in [2.05, 4.69) is 10.5 Å². The van der Waals surface area contributed by atoms with Gasteiger partial charge in [0.05, 0.1) is 12.8 Å². The highest BCUT2D eigenvalue weighted by Gasteiger charge is 2.29. The number of nitrogens with one attached hydrogen (secondary N) is 1. The minimum Gasteiger partial charge on any atom is -0.394 e. The van der Waals surface area contributed by atoms with E-state index in [1.54, 1.807) is 0 Å². The van der Waals surface area contributed by atoms with Crippen molar-refractivity contribution in [2.75, 3.05) is 26.9 Å². The van der Waals surface area contributed by atoms with Crippen LogP contribution in [0.15, 0.2) is 17.3 Å². The van der Waals surface area contributed by atoms with Crippen molar-refractivity contribution in [2.24, 2.45) is 5.10 Å². The number of ether oxygens (including phenoxy) is 3. The number of nitrogens with zero attached hydrogens (tertiary/aromatic N) is 2. The van der Waals surface area contributed by atoms with Crippen LogP contribution in [-0.2, 0) is 33.4 Å². The molecule has 0 bridgehead atoms. The van der Waals surface area contributed by atoms with Gasteiger partial charge in [-0.1, -0.05) is 6.92 Å². The van der Waals surface area contributed by atoms with Crippen LogP contribution in [0.2, 0.25) is 0 Å². The second kappa shape index (κ2) is 13.7. The van der Waals surface area contributed by atoms with Gasteiger partial charge in [-0.05, 0) is 12.8 Å². The maximum Gasteiger partial charge on any atom is 0.260 e. The summed E-state index contributed by atoms with van der Waals surface area (Å²) in [5, 5.41) is 13.3. The molecule has 162 valence electrons. The van der Waals surface area contributed by atoms with E-state index in [0.29, 0.717) is 37.2 Å². The number of imide groups is 3. The fraction of sp³-hybridized carbons (Fsp3) is 0.611. The lowest BCUT2D eigenvalue weighted by atomic mass is 10.2. The Hall–Kier alpha value is -2.47. The first-order valence-corrected chi connectivity index (χ1v) is 9.19. The van der Waals surface area contributed by atoms with Gasteiger partial charge in [0.2, 0.25) is 5.91 Å². The van der Waals surface area contributed by atoms with Crippen molar-refractivity contribution >= 4 is 30.2 Å². The number of aliphatic hydroxyl groups excluding tert-OH is 1. The number of carbonyl (C=O) groups excluding carboxylic acids is 4. The number of amides is 3. The summed E-state index contributed by atoms with van der Waals surface area (Å²) in [6.45, 7) is 2.08. The molecule has 0 fully saturated rings. The predicted octanol–water partition coefficient (Wildman–Crippen LogP) is -0.862. The summed E-state index contributed by atoms with van der Waals surface area (Å²) >= 11 is 0. The van der Waals surface area contributed by atoms with Crippen LogP contribution in [0.1, 0.15) is 26.2 Å². The number of rotatable bonds is 15. The summed E-state index contributed by atoms with van der Waals surface area (Å²) in [6, 6.07) is 0. The van der Waals surface area contributed by atoms with E-state index in [-0.39, 0.29) is 6.42 Å². The van der Waals surface area contributed by atoms with Gasteiger partial charge in [0.25, 0.3) is 11.8 Å². The second-order valence-electron chi connectivity index (χ2n) is 5.96. The zero-order valence-corrected chi connectivity index (χ0v) is 16.5. The minimum atomic E-state index is -0.945. The Morgan fingerprint density at radius 3 is 2.59 bits per heavy atom. The first-order valence-electron chi connectivity index (χ1n) is 9.19. The van der Waals surface area contributed by atoms with Crippen LogP contribution in [0.3, 0.4) is 0 Å². The Morgan fingerprint density at radius 2 is 2.03 bits per heavy atom. The van der Waals surface area contributed by atoms with Crippen LogP contribution in [-0.4, -0.2) is 85.6 Å². The zero-order chi connectivity index (χ0) is 21.6. The van der Waals surface area contributed by atoms with Gasteiger partial charge in [-0.25, -0.2) is 4.90 Å². The van der Waals surface area contributed by atoms with Gasteiger partial charge in [-0.3, -0.25) is 14.4 Å².